The first-order valence-electron chi connectivity index (χ1n) is 14.2. The summed E-state index contributed by atoms with van der Waals surface area (Å²) in [6, 6.07) is 9.06. The number of amides is 1. The van der Waals surface area contributed by atoms with E-state index in [4.69, 9.17) is 24.9 Å². The van der Waals surface area contributed by atoms with Gasteiger partial charge in [0, 0.05) is 38.5 Å². The zero-order valence-electron chi connectivity index (χ0n) is 23.2. The second-order valence-corrected chi connectivity index (χ2v) is 11.2. The molecule has 2 atom stereocenters. The van der Waals surface area contributed by atoms with E-state index in [9.17, 15) is 14.3 Å². The summed E-state index contributed by atoms with van der Waals surface area (Å²) in [7, 11) is 1.94. The molecule has 5 heterocycles. The molecule has 1 aliphatic heterocycles. The Morgan fingerprint density at radius 2 is 2.12 bits per heavy atom. The standard InChI is InChI=1S/C30H32FN7O4/c1-36-28-22(10-20-21(34-28)7-8-37(30(20)40)14-19(32)11-31)35-29(36)23-9-18-3-2-4-25(27(18)38(23)13-17-5-6-17)41-15-24(39)26-12-33-16-42-26/h2-4,9-10,12,16-17,19,24,39H,5-8,11,13-15,32H2,1H3. The highest BCUT2D eigenvalue weighted by atomic mass is 19.1. The Balaban J connectivity index is 1.28. The van der Waals surface area contributed by atoms with Crippen molar-refractivity contribution in [1.82, 2.24) is 29.0 Å². The van der Waals surface area contributed by atoms with Crippen molar-refractivity contribution < 1.29 is 23.4 Å². The highest BCUT2D eigenvalue weighted by Gasteiger charge is 2.30. The van der Waals surface area contributed by atoms with Gasteiger partial charge in [0.2, 0.25) is 0 Å². The van der Waals surface area contributed by atoms with Gasteiger partial charge in [-0.1, -0.05) is 12.1 Å². The molecule has 42 heavy (non-hydrogen) atoms. The summed E-state index contributed by atoms with van der Waals surface area (Å²) < 4.78 is 28.6. The van der Waals surface area contributed by atoms with Gasteiger partial charge in [-0.25, -0.2) is 19.3 Å². The smallest absolute Gasteiger partial charge is 0.255 e. The van der Waals surface area contributed by atoms with E-state index < -0.39 is 18.8 Å². The summed E-state index contributed by atoms with van der Waals surface area (Å²) in [6.07, 6.45) is 4.70. The molecule has 11 nitrogen and oxygen atoms in total. The van der Waals surface area contributed by atoms with E-state index in [0.717, 1.165) is 41.8 Å². The van der Waals surface area contributed by atoms with Crippen LogP contribution in [0.1, 0.15) is 40.8 Å². The van der Waals surface area contributed by atoms with Gasteiger partial charge in [-0.3, -0.25) is 4.79 Å². The molecule has 218 valence electrons. The third-order valence-corrected chi connectivity index (χ3v) is 8.14. The van der Waals surface area contributed by atoms with Crippen molar-refractivity contribution in [3.05, 3.63) is 59.9 Å². The Morgan fingerprint density at radius 3 is 2.88 bits per heavy atom. The SMILES string of the molecule is Cn1c(-c2cc3cccc(OCC(O)c4cnco4)c3n2CC2CC2)nc2cc3c(nc21)CCN(CC(N)CF)C3=O. The van der Waals surface area contributed by atoms with Gasteiger partial charge in [-0.05, 0) is 37.0 Å². The van der Waals surface area contributed by atoms with E-state index in [1.54, 1.807) is 11.0 Å². The lowest BCUT2D eigenvalue weighted by Crippen LogP contribution is -2.45. The van der Waals surface area contributed by atoms with E-state index in [-0.39, 0.29) is 19.1 Å². The number of aromatic nitrogens is 5. The number of rotatable bonds is 10. The third-order valence-electron chi connectivity index (χ3n) is 8.14. The van der Waals surface area contributed by atoms with Crippen molar-refractivity contribution >= 4 is 28.0 Å². The molecular formula is C30H32FN7O4. The first-order valence-corrected chi connectivity index (χ1v) is 14.2. The van der Waals surface area contributed by atoms with Crippen LogP contribution >= 0.6 is 0 Å². The minimum Gasteiger partial charge on any atom is -0.488 e. The monoisotopic (exact) mass is 573 g/mol. The van der Waals surface area contributed by atoms with E-state index in [2.05, 4.69) is 15.6 Å². The van der Waals surface area contributed by atoms with Crippen LogP contribution in [-0.4, -0.2) is 72.4 Å². The first-order chi connectivity index (χ1) is 20.4. The van der Waals surface area contributed by atoms with Crippen molar-refractivity contribution in [3.8, 4) is 17.3 Å². The number of carbonyl (C=O) groups is 1. The molecule has 1 amide bonds. The number of imidazole rings is 1. The van der Waals surface area contributed by atoms with E-state index in [0.29, 0.717) is 52.8 Å². The van der Waals surface area contributed by atoms with E-state index >= 15 is 0 Å². The number of nitrogens with two attached hydrogens (primary N) is 1. The van der Waals surface area contributed by atoms with E-state index in [1.165, 1.54) is 12.6 Å². The van der Waals surface area contributed by atoms with Crippen LogP contribution in [0.5, 0.6) is 5.75 Å². The van der Waals surface area contributed by atoms with Crippen LogP contribution in [0.15, 0.2) is 47.3 Å². The van der Waals surface area contributed by atoms with Gasteiger partial charge in [-0.15, -0.1) is 0 Å². The normalized spacial score (nSPS) is 16.8. The molecule has 0 radical (unpaired) electrons. The second kappa shape index (κ2) is 10.5. The van der Waals surface area contributed by atoms with Crippen molar-refractivity contribution in [2.45, 2.75) is 38.0 Å². The molecule has 0 spiro atoms. The van der Waals surface area contributed by atoms with Gasteiger partial charge < -0.3 is 34.0 Å². The van der Waals surface area contributed by atoms with Crippen molar-refractivity contribution in [1.29, 1.82) is 0 Å². The average Bonchev–Trinajstić information content (AvgIpc) is 3.36. The molecule has 3 N–H and O–H groups in total. The number of aryl methyl sites for hydroxylation is 1. The zero-order valence-corrected chi connectivity index (χ0v) is 23.2. The van der Waals surface area contributed by atoms with Crippen LogP contribution in [0.4, 0.5) is 4.39 Å². The van der Waals surface area contributed by atoms with Gasteiger partial charge in [0.05, 0.1) is 34.7 Å². The molecule has 1 saturated carbocycles. The number of alkyl halides is 1. The maximum absolute atomic E-state index is 13.2. The molecular weight excluding hydrogens is 541 g/mol. The predicted molar refractivity (Wildman–Crippen MR) is 153 cm³/mol. The summed E-state index contributed by atoms with van der Waals surface area (Å²) in [5.41, 5.74) is 10.2. The fraction of sp³-hybridized carbons (Fsp3) is 0.400. The summed E-state index contributed by atoms with van der Waals surface area (Å²) in [6.45, 7) is 0.759. The van der Waals surface area contributed by atoms with E-state index in [1.807, 2.05) is 29.8 Å². The highest BCUT2D eigenvalue weighted by Crippen LogP contribution is 2.39. The minimum absolute atomic E-state index is 0.0152. The first kappa shape index (κ1) is 26.6. The number of para-hydroxylation sites is 1. The number of ether oxygens (including phenoxy) is 1. The Morgan fingerprint density at radius 1 is 1.26 bits per heavy atom. The number of oxazole rings is 1. The van der Waals surface area contributed by atoms with Crippen LogP contribution in [0.3, 0.4) is 0 Å². The molecule has 1 aromatic carbocycles. The lowest BCUT2D eigenvalue weighted by Gasteiger charge is -2.29. The van der Waals surface area contributed by atoms with Crippen LogP contribution in [0, 0.1) is 5.92 Å². The number of halogens is 1. The molecule has 2 unspecified atom stereocenters. The van der Waals surface area contributed by atoms with Crippen LogP contribution < -0.4 is 10.5 Å². The number of carbonyl (C=O) groups excluding carboxylic acids is 1. The fourth-order valence-corrected chi connectivity index (χ4v) is 5.75. The summed E-state index contributed by atoms with van der Waals surface area (Å²) in [4.78, 5) is 28.5. The molecule has 1 aliphatic carbocycles. The predicted octanol–water partition coefficient (Wildman–Crippen LogP) is 3.40. The number of nitrogens with zero attached hydrogens (tertiary/aromatic N) is 6. The number of aliphatic hydroxyl groups is 1. The number of fused-ring (bicyclic) bond motifs is 3. The number of benzene rings is 1. The van der Waals surface area contributed by atoms with Crippen LogP contribution in [0.2, 0.25) is 0 Å². The van der Waals surface area contributed by atoms with Gasteiger partial charge in [0.1, 0.15) is 30.7 Å². The topological polar surface area (TPSA) is 137 Å². The number of pyridine rings is 1. The largest absolute Gasteiger partial charge is 0.488 e. The maximum atomic E-state index is 13.2. The van der Waals surface area contributed by atoms with Crippen molar-refractivity contribution in [2.24, 2.45) is 18.7 Å². The van der Waals surface area contributed by atoms with Crippen molar-refractivity contribution in [2.75, 3.05) is 26.4 Å². The Hall–Kier alpha value is -4.29. The third kappa shape index (κ3) is 4.70. The highest BCUT2D eigenvalue weighted by molar-refractivity contribution is 5.99. The van der Waals surface area contributed by atoms with Crippen molar-refractivity contribution in [3.63, 3.8) is 0 Å². The molecule has 5 aromatic rings. The lowest BCUT2D eigenvalue weighted by molar-refractivity contribution is 0.0723. The van der Waals surface area contributed by atoms with Gasteiger partial charge >= 0.3 is 0 Å². The molecule has 12 heteroatoms. The minimum atomic E-state index is -0.947. The van der Waals surface area contributed by atoms with Crippen LogP contribution in [0.25, 0.3) is 33.6 Å². The second-order valence-electron chi connectivity index (χ2n) is 11.2. The maximum Gasteiger partial charge on any atom is 0.255 e. The Kier molecular flexibility index (Phi) is 6.66. The average molecular weight is 574 g/mol. The number of aliphatic hydroxyl groups excluding tert-OH is 1. The quantitative estimate of drug-likeness (QED) is 0.259. The molecule has 0 saturated heterocycles. The summed E-state index contributed by atoms with van der Waals surface area (Å²) >= 11 is 0. The molecule has 4 aromatic heterocycles. The fourth-order valence-electron chi connectivity index (χ4n) is 5.75. The van der Waals surface area contributed by atoms with Gasteiger partial charge in [0.15, 0.2) is 23.6 Å². The van der Waals surface area contributed by atoms with Gasteiger partial charge in [-0.2, -0.15) is 0 Å². The number of hydrogen-bond acceptors (Lipinski definition) is 8. The lowest BCUT2D eigenvalue weighted by atomic mass is 10.0. The molecule has 7 rings (SSSR count). The molecule has 1 fully saturated rings. The van der Waals surface area contributed by atoms with Gasteiger partial charge in [0.25, 0.3) is 5.91 Å². The van der Waals surface area contributed by atoms with Crippen LogP contribution in [-0.2, 0) is 20.0 Å². The zero-order chi connectivity index (χ0) is 29.0. The Labute approximate surface area is 240 Å². The molecule has 0 bridgehead atoms. The number of hydrogen-bond donors (Lipinski definition) is 2. The molecule has 2 aliphatic rings. The summed E-state index contributed by atoms with van der Waals surface area (Å²) in [5, 5.41) is 11.5. The summed E-state index contributed by atoms with van der Waals surface area (Å²) in [5.74, 6) is 2.10. The Bertz CT molecular complexity index is 1780.